The second-order valence-corrected chi connectivity index (χ2v) is 10.4. The molecule has 34 heavy (non-hydrogen) atoms. The standard InChI is InChI=1S/C27H31NO5S/c1-16(11-18-5-3-6-19(30)13-18)8-9-23(31)24-17(2)12-21-25(22(24)15-29)27(33)28(26(21)32)14-20-7-4-10-34-20/h3-7,10-11,13,21-23,25,29-31H,8-9,12,14-15H2,1-2H3/b16-11+/t21-,22+,23-,25-/m1/s1. The van der Waals surface area contributed by atoms with Crippen LogP contribution in [0.2, 0.25) is 0 Å². The molecule has 1 aromatic carbocycles. The Balaban J connectivity index is 1.49. The van der Waals surface area contributed by atoms with Crippen molar-refractivity contribution in [1.29, 1.82) is 0 Å². The number of aliphatic hydroxyl groups excluding tert-OH is 2. The number of rotatable bonds is 8. The van der Waals surface area contributed by atoms with Gasteiger partial charge in [0.15, 0.2) is 0 Å². The molecule has 0 radical (unpaired) electrons. The Morgan fingerprint density at radius 3 is 2.71 bits per heavy atom. The fourth-order valence-electron chi connectivity index (χ4n) is 5.39. The first-order chi connectivity index (χ1) is 16.3. The summed E-state index contributed by atoms with van der Waals surface area (Å²) >= 11 is 1.51. The highest BCUT2D eigenvalue weighted by atomic mass is 32.1. The van der Waals surface area contributed by atoms with E-state index < -0.39 is 23.9 Å². The van der Waals surface area contributed by atoms with Crippen LogP contribution in [0.15, 0.2) is 58.5 Å². The third kappa shape index (κ3) is 4.87. The molecule has 1 aliphatic carbocycles. The molecule has 1 aromatic heterocycles. The zero-order valence-electron chi connectivity index (χ0n) is 19.5. The molecule has 4 atom stereocenters. The lowest BCUT2D eigenvalue weighted by atomic mass is 9.68. The number of hydrogen-bond donors (Lipinski definition) is 3. The van der Waals surface area contributed by atoms with Gasteiger partial charge >= 0.3 is 0 Å². The van der Waals surface area contributed by atoms with E-state index in [0.29, 0.717) is 24.8 Å². The van der Waals surface area contributed by atoms with Crippen molar-refractivity contribution < 1.29 is 24.9 Å². The van der Waals surface area contributed by atoms with Crippen molar-refractivity contribution in [1.82, 2.24) is 4.90 Å². The quantitative estimate of drug-likeness (QED) is 0.389. The van der Waals surface area contributed by atoms with E-state index >= 15 is 0 Å². The molecule has 2 amide bonds. The van der Waals surface area contributed by atoms with Crippen molar-refractivity contribution >= 4 is 29.2 Å². The van der Waals surface area contributed by atoms with Gasteiger partial charge in [0.05, 0.1) is 31.1 Å². The lowest BCUT2D eigenvalue weighted by molar-refractivity contribution is -0.140. The summed E-state index contributed by atoms with van der Waals surface area (Å²) in [5.74, 6) is -1.90. The lowest BCUT2D eigenvalue weighted by Crippen LogP contribution is -2.38. The van der Waals surface area contributed by atoms with Gasteiger partial charge in [0.1, 0.15) is 5.75 Å². The van der Waals surface area contributed by atoms with Crippen LogP contribution in [0.4, 0.5) is 0 Å². The summed E-state index contributed by atoms with van der Waals surface area (Å²) in [6, 6.07) is 10.8. The van der Waals surface area contributed by atoms with E-state index in [2.05, 4.69) is 0 Å². The normalized spacial score (nSPS) is 24.1. The minimum Gasteiger partial charge on any atom is -0.508 e. The Morgan fingerprint density at radius 1 is 1.24 bits per heavy atom. The van der Waals surface area contributed by atoms with Gasteiger partial charge < -0.3 is 15.3 Å². The number of fused-ring (bicyclic) bond motifs is 1. The third-order valence-corrected chi connectivity index (χ3v) is 7.83. The predicted octanol–water partition coefficient (Wildman–Crippen LogP) is 4.13. The molecule has 3 N–H and O–H groups in total. The minimum absolute atomic E-state index is 0.181. The molecule has 6 nitrogen and oxygen atoms in total. The molecule has 1 aliphatic heterocycles. The molecule has 0 saturated carbocycles. The number of thiophene rings is 1. The third-order valence-electron chi connectivity index (χ3n) is 6.96. The Labute approximate surface area is 203 Å². The molecule has 1 fully saturated rings. The average Bonchev–Trinajstić information content (AvgIpc) is 3.39. The Hall–Kier alpha value is -2.74. The molecule has 2 heterocycles. The van der Waals surface area contributed by atoms with E-state index in [1.54, 1.807) is 18.2 Å². The predicted molar refractivity (Wildman–Crippen MR) is 132 cm³/mol. The van der Waals surface area contributed by atoms with E-state index in [4.69, 9.17) is 0 Å². The number of benzene rings is 1. The molecule has 2 aromatic rings. The average molecular weight is 482 g/mol. The van der Waals surface area contributed by atoms with Gasteiger partial charge in [-0.2, -0.15) is 0 Å². The van der Waals surface area contributed by atoms with Gasteiger partial charge in [-0.15, -0.1) is 11.3 Å². The first-order valence-corrected chi connectivity index (χ1v) is 12.5. The van der Waals surface area contributed by atoms with Gasteiger partial charge in [0.25, 0.3) is 0 Å². The van der Waals surface area contributed by atoms with E-state index in [1.807, 2.05) is 43.5 Å². The van der Waals surface area contributed by atoms with Crippen molar-refractivity contribution in [3.8, 4) is 5.75 Å². The van der Waals surface area contributed by atoms with Crippen LogP contribution in [-0.4, -0.2) is 44.7 Å². The van der Waals surface area contributed by atoms with E-state index in [-0.39, 0.29) is 30.7 Å². The van der Waals surface area contributed by atoms with Crippen molar-refractivity contribution in [2.45, 2.75) is 45.8 Å². The molecule has 7 heteroatoms. The molecular weight excluding hydrogens is 450 g/mol. The molecule has 0 spiro atoms. The van der Waals surface area contributed by atoms with Crippen molar-refractivity contribution in [3.63, 3.8) is 0 Å². The van der Waals surface area contributed by atoms with E-state index in [1.165, 1.54) is 16.2 Å². The lowest BCUT2D eigenvalue weighted by Gasteiger charge is -2.35. The van der Waals surface area contributed by atoms with Gasteiger partial charge in [0.2, 0.25) is 11.8 Å². The number of aliphatic hydroxyl groups is 2. The first kappa shape index (κ1) is 24.4. The van der Waals surface area contributed by atoms with Crippen LogP contribution >= 0.6 is 11.3 Å². The second-order valence-electron chi connectivity index (χ2n) is 9.34. The number of allylic oxidation sites excluding steroid dienone is 2. The smallest absolute Gasteiger partial charge is 0.234 e. The van der Waals surface area contributed by atoms with Crippen LogP contribution in [0.3, 0.4) is 0 Å². The highest BCUT2D eigenvalue weighted by Crippen LogP contribution is 2.46. The number of phenols is 1. The number of hydrogen-bond acceptors (Lipinski definition) is 6. The van der Waals surface area contributed by atoms with Crippen molar-refractivity contribution in [3.05, 3.63) is 68.9 Å². The van der Waals surface area contributed by atoms with Crippen molar-refractivity contribution in [2.24, 2.45) is 17.8 Å². The SMILES string of the molecule is CC1=C([C@H](O)CC/C(C)=C/c2cccc(O)c2)[C@H](CO)[C@@H]2C(=O)N(Cc3cccs3)C(=O)[C@@H]2C1. The summed E-state index contributed by atoms with van der Waals surface area (Å²) in [5.41, 5.74) is 3.53. The fraction of sp³-hybridized carbons (Fsp3) is 0.407. The summed E-state index contributed by atoms with van der Waals surface area (Å²) in [7, 11) is 0. The van der Waals surface area contributed by atoms with Gasteiger partial charge in [-0.25, -0.2) is 0 Å². The summed E-state index contributed by atoms with van der Waals surface area (Å²) < 4.78 is 0. The zero-order valence-corrected chi connectivity index (χ0v) is 20.3. The number of likely N-dealkylation sites (tertiary alicyclic amines) is 1. The molecule has 0 unspecified atom stereocenters. The molecular formula is C27H31NO5S. The van der Waals surface area contributed by atoms with Crippen LogP contribution < -0.4 is 0 Å². The van der Waals surface area contributed by atoms with Gasteiger partial charge in [-0.3, -0.25) is 14.5 Å². The fourth-order valence-corrected chi connectivity index (χ4v) is 6.08. The number of phenolic OH excluding ortho intramolecular Hbond substituents is 1. The molecule has 4 rings (SSSR count). The molecule has 180 valence electrons. The number of imide groups is 1. The highest BCUT2D eigenvalue weighted by Gasteiger charge is 2.54. The Morgan fingerprint density at radius 2 is 2.03 bits per heavy atom. The van der Waals surface area contributed by atoms with Crippen LogP contribution in [-0.2, 0) is 16.1 Å². The van der Waals surface area contributed by atoms with Gasteiger partial charge in [-0.05, 0) is 67.8 Å². The van der Waals surface area contributed by atoms with Crippen molar-refractivity contribution in [2.75, 3.05) is 6.61 Å². The zero-order chi connectivity index (χ0) is 24.4. The first-order valence-electron chi connectivity index (χ1n) is 11.6. The summed E-state index contributed by atoms with van der Waals surface area (Å²) in [6.45, 7) is 3.85. The van der Waals surface area contributed by atoms with Crippen LogP contribution in [0.5, 0.6) is 5.75 Å². The summed E-state index contributed by atoms with van der Waals surface area (Å²) in [6.07, 6.45) is 2.66. The van der Waals surface area contributed by atoms with Gasteiger partial charge in [-0.1, -0.05) is 35.4 Å². The number of nitrogens with zero attached hydrogens (tertiary/aromatic N) is 1. The number of amides is 2. The van der Waals surface area contributed by atoms with Crippen LogP contribution in [0.25, 0.3) is 6.08 Å². The molecule has 1 saturated heterocycles. The summed E-state index contributed by atoms with van der Waals surface area (Å²) in [4.78, 5) is 28.6. The number of carbonyl (C=O) groups excluding carboxylic acids is 2. The Kier molecular flexibility index (Phi) is 7.36. The monoisotopic (exact) mass is 481 g/mol. The maximum absolute atomic E-state index is 13.3. The molecule has 0 bridgehead atoms. The van der Waals surface area contributed by atoms with Crippen LogP contribution in [0, 0.1) is 17.8 Å². The van der Waals surface area contributed by atoms with Gasteiger partial charge in [0, 0.05) is 10.8 Å². The minimum atomic E-state index is -0.806. The number of carbonyl (C=O) groups is 2. The second kappa shape index (κ2) is 10.3. The van der Waals surface area contributed by atoms with E-state index in [0.717, 1.165) is 21.6 Å². The maximum Gasteiger partial charge on any atom is 0.234 e. The number of aromatic hydroxyl groups is 1. The topological polar surface area (TPSA) is 98.1 Å². The largest absolute Gasteiger partial charge is 0.508 e. The summed E-state index contributed by atoms with van der Waals surface area (Å²) in [5, 5.41) is 32.9. The van der Waals surface area contributed by atoms with Crippen LogP contribution in [0.1, 0.15) is 43.6 Å². The molecule has 2 aliphatic rings. The Bertz CT molecular complexity index is 1120. The highest BCUT2D eigenvalue weighted by molar-refractivity contribution is 7.09. The maximum atomic E-state index is 13.3. The van der Waals surface area contributed by atoms with E-state index in [9.17, 15) is 24.9 Å².